The number of anilines is 1. The number of para-hydroxylation sites is 1. The van der Waals surface area contributed by atoms with Crippen LogP contribution in [0, 0.1) is 6.92 Å². The number of nitrogens with zero attached hydrogens (tertiary/aromatic N) is 1. The lowest BCUT2D eigenvalue weighted by Gasteiger charge is -2.15. The molecule has 1 aromatic carbocycles. The maximum absolute atomic E-state index is 12.4. The van der Waals surface area contributed by atoms with Crippen molar-refractivity contribution in [2.75, 3.05) is 5.32 Å². The van der Waals surface area contributed by atoms with E-state index in [1.54, 1.807) is 5.38 Å². The van der Waals surface area contributed by atoms with E-state index in [0.717, 1.165) is 21.8 Å². The van der Waals surface area contributed by atoms with Gasteiger partial charge in [-0.3, -0.25) is 4.79 Å². The van der Waals surface area contributed by atoms with Gasteiger partial charge in [0.2, 0.25) is 0 Å². The van der Waals surface area contributed by atoms with Crippen molar-refractivity contribution in [1.82, 2.24) is 4.98 Å². The summed E-state index contributed by atoms with van der Waals surface area (Å²) >= 11 is 1.41. The molecule has 0 aliphatic carbocycles. The number of benzene rings is 1. The second-order valence-corrected chi connectivity index (χ2v) is 6.40. The highest BCUT2D eigenvalue weighted by Crippen LogP contribution is 2.28. The molecule has 5 heteroatoms. The van der Waals surface area contributed by atoms with Crippen molar-refractivity contribution in [3.63, 3.8) is 0 Å². The molecule has 2 aromatic rings. The van der Waals surface area contributed by atoms with Crippen LogP contribution in [-0.2, 0) is 0 Å². The van der Waals surface area contributed by atoms with Crippen molar-refractivity contribution >= 4 is 22.9 Å². The number of rotatable bonds is 4. The van der Waals surface area contributed by atoms with Crippen LogP contribution in [0.5, 0.6) is 0 Å². The Kier molecular flexibility index (Phi) is 4.75. The van der Waals surface area contributed by atoms with Gasteiger partial charge in [0.15, 0.2) is 0 Å². The maximum atomic E-state index is 12.4. The molecule has 0 bridgehead atoms. The first-order valence-electron chi connectivity index (χ1n) is 7.02. The summed E-state index contributed by atoms with van der Waals surface area (Å²) < 4.78 is 0. The van der Waals surface area contributed by atoms with Crippen molar-refractivity contribution in [3.05, 3.63) is 45.4 Å². The van der Waals surface area contributed by atoms with E-state index in [1.165, 1.54) is 11.3 Å². The van der Waals surface area contributed by atoms with Crippen LogP contribution in [0.4, 0.5) is 5.69 Å². The Hall–Kier alpha value is -1.72. The summed E-state index contributed by atoms with van der Waals surface area (Å²) in [5.74, 6) is 0.157. The van der Waals surface area contributed by atoms with E-state index in [0.29, 0.717) is 11.6 Å². The Morgan fingerprint density at radius 3 is 2.62 bits per heavy atom. The SMILES string of the molecule is Cc1cccc(C(C)C)c1NC(=O)c1csc(C(C)N)n1. The van der Waals surface area contributed by atoms with Crippen LogP contribution in [0.25, 0.3) is 0 Å². The van der Waals surface area contributed by atoms with E-state index in [-0.39, 0.29) is 11.9 Å². The molecule has 0 saturated carbocycles. The molecule has 0 radical (unpaired) electrons. The number of amides is 1. The van der Waals surface area contributed by atoms with Crippen molar-refractivity contribution in [1.29, 1.82) is 0 Å². The summed E-state index contributed by atoms with van der Waals surface area (Å²) in [6.07, 6.45) is 0. The van der Waals surface area contributed by atoms with Crippen molar-refractivity contribution < 1.29 is 4.79 Å². The molecule has 0 spiro atoms. The van der Waals surface area contributed by atoms with Gasteiger partial charge in [-0.2, -0.15) is 0 Å². The predicted molar refractivity (Wildman–Crippen MR) is 87.9 cm³/mol. The van der Waals surface area contributed by atoms with E-state index in [9.17, 15) is 4.79 Å². The quantitative estimate of drug-likeness (QED) is 0.901. The third-order valence-corrected chi connectivity index (χ3v) is 4.36. The molecule has 0 aliphatic rings. The standard InChI is InChI=1S/C16H21N3OS/c1-9(2)12-7-5-6-10(3)14(12)19-15(20)13-8-21-16(18-13)11(4)17/h5-9,11H,17H2,1-4H3,(H,19,20). The Labute approximate surface area is 129 Å². The van der Waals surface area contributed by atoms with Crippen molar-refractivity contribution in [3.8, 4) is 0 Å². The summed E-state index contributed by atoms with van der Waals surface area (Å²) in [6, 6.07) is 5.90. The third-order valence-electron chi connectivity index (χ3n) is 3.31. The van der Waals surface area contributed by atoms with Crippen LogP contribution in [0.15, 0.2) is 23.6 Å². The van der Waals surface area contributed by atoms with E-state index in [1.807, 2.05) is 32.0 Å². The number of nitrogens with two attached hydrogens (primary N) is 1. The topological polar surface area (TPSA) is 68.0 Å². The zero-order valence-corrected chi connectivity index (χ0v) is 13.6. The zero-order valence-electron chi connectivity index (χ0n) is 12.8. The number of aromatic nitrogens is 1. The number of carbonyl (C=O) groups excluding carboxylic acids is 1. The highest BCUT2D eigenvalue weighted by molar-refractivity contribution is 7.09. The molecule has 0 aliphatic heterocycles. The number of aryl methyl sites for hydroxylation is 1. The Morgan fingerprint density at radius 1 is 1.33 bits per heavy atom. The van der Waals surface area contributed by atoms with E-state index >= 15 is 0 Å². The fraction of sp³-hybridized carbons (Fsp3) is 0.375. The highest BCUT2D eigenvalue weighted by Gasteiger charge is 2.16. The number of nitrogens with one attached hydrogen (secondary N) is 1. The third kappa shape index (κ3) is 3.49. The van der Waals surface area contributed by atoms with E-state index in [4.69, 9.17) is 5.73 Å². The molecule has 112 valence electrons. The van der Waals surface area contributed by atoms with Crippen LogP contribution >= 0.6 is 11.3 Å². The summed E-state index contributed by atoms with van der Waals surface area (Å²) in [4.78, 5) is 16.7. The van der Waals surface area contributed by atoms with Gasteiger partial charge in [-0.25, -0.2) is 4.98 Å². The van der Waals surface area contributed by atoms with Crippen LogP contribution < -0.4 is 11.1 Å². The van der Waals surface area contributed by atoms with Gasteiger partial charge in [0, 0.05) is 11.1 Å². The maximum Gasteiger partial charge on any atom is 0.275 e. The summed E-state index contributed by atoms with van der Waals surface area (Å²) in [7, 11) is 0. The molecule has 1 unspecified atom stereocenters. The minimum Gasteiger partial charge on any atom is -0.322 e. The lowest BCUT2D eigenvalue weighted by atomic mass is 9.98. The normalized spacial score (nSPS) is 12.5. The van der Waals surface area contributed by atoms with Gasteiger partial charge in [0.05, 0.1) is 6.04 Å². The molecule has 2 rings (SSSR count). The molecule has 1 heterocycles. The first-order chi connectivity index (χ1) is 9.90. The first kappa shape index (κ1) is 15.7. The van der Waals surface area contributed by atoms with Gasteiger partial charge >= 0.3 is 0 Å². The Morgan fingerprint density at radius 2 is 2.05 bits per heavy atom. The highest BCUT2D eigenvalue weighted by atomic mass is 32.1. The van der Waals surface area contributed by atoms with E-state index < -0.39 is 0 Å². The van der Waals surface area contributed by atoms with Gasteiger partial charge in [0.25, 0.3) is 5.91 Å². The van der Waals surface area contributed by atoms with Crippen molar-refractivity contribution in [2.45, 2.75) is 39.7 Å². The average Bonchev–Trinajstić information content (AvgIpc) is 2.90. The Balaban J connectivity index is 2.27. The largest absolute Gasteiger partial charge is 0.322 e. The predicted octanol–water partition coefficient (Wildman–Crippen LogP) is 3.85. The molecule has 0 fully saturated rings. The lowest BCUT2D eigenvalue weighted by molar-refractivity contribution is 0.102. The lowest BCUT2D eigenvalue weighted by Crippen LogP contribution is -2.15. The fourth-order valence-electron chi connectivity index (χ4n) is 2.12. The molecule has 3 N–H and O–H groups in total. The van der Waals surface area contributed by atoms with Crippen molar-refractivity contribution in [2.24, 2.45) is 5.73 Å². The molecule has 1 amide bonds. The molecule has 21 heavy (non-hydrogen) atoms. The smallest absolute Gasteiger partial charge is 0.275 e. The Bertz CT molecular complexity index is 647. The molecule has 1 aromatic heterocycles. The molecule has 0 saturated heterocycles. The second-order valence-electron chi connectivity index (χ2n) is 5.51. The number of carbonyl (C=O) groups is 1. The average molecular weight is 303 g/mol. The van der Waals surface area contributed by atoms with Crippen LogP contribution in [0.3, 0.4) is 0 Å². The number of hydrogen-bond donors (Lipinski definition) is 2. The molecular weight excluding hydrogens is 282 g/mol. The minimum atomic E-state index is -0.186. The fourth-order valence-corrected chi connectivity index (χ4v) is 2.88. The summed E-state index contributed by atoms with van der Waals surface area (Å²) in [5.41, 5.74) is 9.27. The van der Waals surface area contributed by atoms with Gasteiger partial charge in [-0.15, -0.1) is 11.3 Å². The van der Waals surface area contributed by atoms with Gasteiger partial charge in [-0.1, -0.05) is 32.0 Å². The van der Waals surface area contributed by atoms with Gasteiger partial charge in [-0.05, 0) is 30.9 Å². The zero-order chi connectivity index (χ0) is 15.6. The van der Waals surface area contributed by atoms with Crippen LogP contribution in [0.2, 0.25) is 0 Å². The second kappa shape index (κ2) is 6.37. The number of thiazole rings is 1. The molecule has 4 nitrogen and oxygen atoms in total. The molecule has 1 atom stereocenters. The monoisotopic (exact) mass is 303 g/mol. The first-order valence-corrected chi connectivity index (χ1v) is 7.90. The number of hydrogen-bond acceptors (Lipinski definition) is 4. The van der Waals surface area contributed by atoms with Gasteiger partial charge < -0.3 is 11.1 Å². The molecular formula is C16H21N3OS. The summed E-state index contributed by atoms with van der Waals surface area (Å²) in [5, 5.41) is 5.52. The van der Waals surface area contributed by atoms with Crippen LogP contribution in [-0.4, -0.2) is 10.9 Å². The minimum absolute atomic E-state index is 0.152. The van der Waals surface area contributed by atoms with Gasteiger partial charge in [0.1, 0.15) is 10.7 Å². The van der Waals surface area contributed by atoms with E-state index in [2.05, 4.69) is 24.1 Å². The van der Waals surface area contributed by atoms with Crippen LogP contribution in [0.1, 0.15) is 59.4 Å². The summed E-state index contributed by atoms with van der Waals surface area (Å²) in [6.45, 7) is 8.08.